The minimum absolute atomic E-state index is 0. The largest absolute Gasteiger partial charge is 0.315 e. The lowest BCUT2D eigenvalue weighted by molar-refractivity contribution is 0.428. The van der Waals surface area contributed by atoms with E-state index in [1.165, 1.54) is 0 Å². The van der Waals surface area contributed by atoms with Crippen LogP contribution < -0.4 is 10.0 Å². The summed E-state index contributed by atoms with van der Waals surface area (Å²) in [4.78, 5) is 4.94. The topological polar surface area (TPSA) is 71.1 Å². The number of fused-ring (bicyclic) bond motifs is 1. The number of rotatable bonds is 3. The molecular weight excluding hydrogens is 366 g/mol. The van der Waals surface area contributed by atoms with Gasteiger partial charge in [0.05, 0.1) is 20.1 Å². The fraction of sp³-hybridized carbons (Fsp3) is 0.562. The molecule has 2 aromatic rings. The smallest absolute Gasteiger partial charge is 0.240 e. The van der Waals surface area contributed by atoms with Crippen LogP contribution in [0.5, 0.6) is 0 Å². The minimum Gasteiger partial charge on any atom is -0.315 e. The van der Waals surface area contributed by atoms with E-state index in [0.717, 1.165) is 34.6 Å². The summed E-state index contributed by atoms with van der Waals surface area (Å²) in [5.41, 5.74) is 0.826. The Hall–Kier alpha value is -0.730. The van der Waals surface area contributed by atoms with Crippen LogP contribution in [-0.2, 0) is 15.4 Å². The van der Waals surface area contributed by atoms with Crippen molar-refractivity contribution in [1.82, 2.24) is 15.0 Å². The second kappa shape index (κ2) is 7.25. The van der Waals surface area contributed by atoms with E-state index in [2.05, 4.69) is 35.8 Å². The lowest BCUT2D eigenvalue weighted by Gasteiger charge is -2.23. The first-order valence-electron chi connectivity index (χ1n) is 7.90. The fourth-order valence-corrected chi connectivity index (χ4v) is 5.07. The Morgan fingerprint density at radius 2 is 2.08 bits per heavy atom. The lowest BCUT2D eigenvalue weighted by Crippen LogP contribution is -2.45. The van der Waals surface area contributed by atoms with Crippen LogP contribution in [0.4, 0.5) is 0 Å². The molecule has 1 saturated heterocycles. The van der Waals surface area contributed by atoms with Crippen molar-refractivity contribution in [2.75, 3.05) is 13.1 Å². The molecule has 1 atom stereocenters. The second-order valence-electron chi connectivity index (χ2n) is 7.06. The molecule has 3 rings (SSSR count). The summed E-state index contributed by atoms with van der Waals surface area (Å²) in [6, 6.07) is 5.15. The van der Waals surface area contributed by atoms with Crippen LogP contribution in [-0.4, -0.2) is 32.5 Å². The summed E-state index contributed by atoms with van der Waals surface area (Å²) in [6.45, 7) is 7.98. The molecule has 2 N–H and O–H groups in total. The molecule has 1 aromatic carbocycles. The third-order valence-corrected chi connectivity index (χ3v) is 6.89. The number of piperidine rings is 1. The minimum atomic E-state index is -3.49. The van der Waals surface area contributed by atoms with Gasteiger partial charge in [-0.15, -0.1) is 23.7 Å². The Labute approximate surface area is 153 Å². The van der Waals surface area contributed by atoms with Gasteiger partial charge in [0, 0.05) is 18.0 Å². The van der Waals surface area contributed by atoms with E-state index in [1.807, 2.05) is 0 Å². The Kier molecular flexibility index (Phi) is 5.92. The average molecular weight is 390 g/mol. The van der Waals surface area contributed by atoms with Gasteiger partial charge in [0.1, 0.15) is 0 Å². The number of hydrogen-bond donors (Lipinski definition) is 2. The fourth-order valence-electron chi connectivity index (χ4n) is 2.63. The molecule has 1 fully saturated rings. The van der Waals surface area contributed by atoms with Gasteiger partial charge in [0.15, 0.2) is 0 Å². The molecule has 2 heterocycles. The summed E-state index contributed by atoms with van der Waals surface area (Å²) in [5.74, 6) is 0. The zero-order chi connectivity index (χ0) is 16.7. The molecule has 0 radical (unpaired) electrons. The van der Waals surface area contributed by atoms with Crippen molar-refractivity contribution in [3.63, 3.8) is 0 Å². The number of halogens is 1. The molecule has 1 aliphatic rings. The van der Waals surface area contributed by atoms with Crippen LogP contribution in [0.3, 0.4) is 0 Å². The highest BCUT2D eigenvalue weighted by Crippen LogP contribution is 2.32. The van der Waals surface area contributed by atoms with Gasteiger partial charge in [0.2, 0.25) is 10.0 Å². The highest BCUT2D eigenvalue weighted by atomic mass is 35.5. The first kappa shape index (κ1) is 19.6. The van der Waals surface area contributed by atoms with E-state index in [1.54, 1.807) is 29.5 Å². The molecule has 8 heteroatoms. The molecular formula is C16H24ClN3O2S2. The molecule has 0 saturated carbocycles. The van der Waals surface area contributed by atoms with E-state index in [-0.39, 0.29) is 23.9 Å². The van der Waals surface area contributed by atoms with Gasteiger partial charge in [-0.2, -0.15) is 0 Å². The van der Waals surface area contributed by atoms with Crippen LogP contribution >= 0.6 is 23.7 Å². The monoisotopic (exact) mass is 389 g/mol. The summed E-state index contributed by atoms with van der Waals surface area (Å²) < 4.78 is 28.9. The standard InChI is InChI=1S/C16H23N3O2S2.ClH/c1-16(2,3)15-18-13-7-6-12(9-14(13)22-15)23(20,21)19-11-5-4-8-17-10-11;/h6-7,9,11,17,19H,4-5,8,10H2,1-3H3;1H. The Balaban J connectivity index is 0.00000208. The second-order valence-corrected chi connectivity index (χ2v) is 9.81. The molecule has 5 nitrogen and oxygen atoms in total. The molecule has 0 spiro atoms. The number of nitrogens with zero attached hydrogens (tertiary/aromatic N) is 1. The Morgan fingerprint density at radius 1 is 1.33 bits per heavy atom. The number of thiazole rings is 1. The van der Waals surface area contributed by atoms with Gasteiger partial charge < -0.3 is 5.32 Å². The van der Waals surface area contributed by atoms with Crippen LogP contribution in [0.25, 0.3) is 10.2 Å². The van der Waals surface area contributed by atoms with Crippen molar-refractivity contribution >= 4 is 44.0 Å². The first-order valence-corrected chi connectivity index (χ1v) is 10.2. The number of benzene rings is 1. The van der Waals surface area contributed by atoms with E-state index < -0.39 is 10.0 Å². The van der Waals surface area contributed by atoms with E-state index >= 15 is 0 Å². The van der Waals surface area contributed by atoms with Gasteiger partial charge in [0.25, 0.3) is 0 Å². The van der Waals surface area contributed by atoms with Crippen molar-refractivity contribution in [2.45, 2.75) is 50.0 Å². The van der Waals surface area contributed by atoms with Gasteiger partial charge in [-0.05, 0) is 37.6 Å². The third kappa shape index (κ3) is 4.26. The molecule has 0 amide bonds. The SMILES string of the molecule is CC(C)(C)c1nc2ccc(S(=O)(=O)NC3CCCNC3)cc2s1.Cl. The van der Waals surface area contributed by atoms with Crippen LogP contribution in [0.1, 0.15) is 38.6 Å². The molecule has 24 heavy (non-hydrogen) atoms. The van der Waals surface area contributed by atoms with E-state index in [0.29, 0.717) is 11.4 Å². The molecule has 134 valence electrons. The van der Waals surface area contributed by atoms with Crippen molar-refractivity contribution in [3.05, 3.63) is 23.2 Å². The maximum atomic E-state index is 12.6. The summed E-state index contributed by atoms with van der Waals surface area (Å²) in [5, 5.41) is 4.24. The van der Waals surface area contributed by atoms with Crippen molar-refractivity contribution in [1.29, 1.82) is 0 Å². The van der Waals surface area contributed by atoms with Gasteiger partial charge in [-0.25, -0.2) is 18.1 Å². The number of aromatic nitrogens is 1. The summed E-state index contributed by atoms with van der Waals surface area (Å²) in [7, 11) is -3.49. The summed E-state index contributed by atoms with van der Waals surface area (Å²) >= 11 is 1.56. The zero-order valence-corrected chi connectivity index (χ0v) is 16.6. The Morgan fingerprint density at radius 3 is 2.71 bits per heavy atom. The molecule has 1 aromatic heterocycles. The molecule has 0 aliphatic carbocycles. The molecule has 0 bridgehead atoms. The zero-order valence-electron chi connectivity index (χ0n) is 14.1. The average Bonchev–Trinajstić information content (AvgIpc) is 2.91. The van der Waals surface area contributed by atoms with E-state index in [4.69, 9.17) is 0 Å². The van der Waals surface area contributed by atoms with E-state index in [9.17, 15) is 8.42 Å². The number of nitrogens with one attached hydrogen (secondary N) is 2. The normalized spacial score (nSPS) is 19.2. The van der Waals surface area contributed by atoms with Crippen LogP contribution in [0.2, 0.25) is 0 Å². The lowest BCUT2D eigenvalue weighted by atomic mass is 9.98. The predicted molar refractivity (Wildman–Crippen MR) is 102 cm³/mol. The maximum Gasteiger partial charge on any atom is 0.240 e. The number of sulfonamides is 1. The van der Waals surface area contributed by atoms with Gasteiger partial charge in [-0.3, -0.25) is 0 Å². The highest BCUT2D eigenvalue weighted by Gasteiger charge is 2.23. The van der Waals surface area contributed by atoms with Gasteiger partial charge >= 0.3 is 0 Å². The number of hydrogen-bond acceptors (Lipinski definition) is 5. The van der Waals surface area contributed by atoms with Gasteiger partial charge in [-0.1, -0.05) is 20.8 Å². The van der Waals surface area contributed by atoms with Crippen LogP contribution in [0.15, 0.2) is 23.1 Å². The Bertz CT molecular complexity index is 806. The van der Waals surface area contributed by atoms with Crippen molar-refractivity contribution in [2.24, 2.45) is 0 Å². The summed E-state index contributed by atoms with van der Waals surface area (Å²) in [6.07, 6.45) is 1.87. The van der Waals surface area contributed by atoms with Crippen molar-refractivity contribution < 1.29 is 8.42 Å². The highest BCUT2D eigenvalue weighted by molar-refractivity contribution is 7.89. The quantitative estimate of drug-likeness (QED) is 0.846. The van der Waals surface area contributed by atoms with Crippen LogP contribution in [0, 0.1) is 0 Å². The molecule has 1 aliphatic heterocycles. The van der Waals surface area contributed by atoms with Crippen molar-refractivity contribution in [3.8, 4) is 0 Å². The first-order chi connectivity index (χ1) is 10.8. The molecule has 1 unspecified atom stereocenters. The third-order valence-electron chi connectivity index (χ3n) is 3.93. The maximum absolute atomic E-state index is 12.6. The predicted octanol–water partition coefficient (Wildman–Crippen LogP) is 3.05.